The van der Waals surface area contributed by atoms with Crippen molar-refractivity contribution in [3.63, 3.8) is 0 Å². The first-order valence-electron chi connectivity index (χ1n) is 19.9. The zero-order chi connectivity index (χ0) is 42.5. The largest absolute Gasteiger partial charge is 0.491 e. The highest BCUT2D eigenvalue weighted by Crippen LogP contribution is 2.32. The fourth-order valence-electron chi connectivity index (χ4n) is 7.23. The van der Waals surface area contributed by atoms with Gasteiger partial charge in [0.2, 0.25) is 17.8 Å². The minimum atomic E-state index is -0.715. The molecule has 5 aromatic heterocycles. The average molecular weight is 820 g/mol. The minimum Gasteiger partial charge on any atom is -0.491 e. The molecule has 0 unspecified atom stereocenters. The monoisotopic (exact) mass is 819 g/mol. The van der Waals surface area contributed by atoms with Crippen LogP contribution in [-0.2, 0) is 26.2 Å². The van der Waals surface area contributed by atoms with Gasteiger partial charge in [-0.3, -0.25) is 39.2 Å². The number of ether oxygens (including phenoxy) is 1. The summed E-state index contributed by atoms with van der Waals surface area (Å²) in [6.45, 7) is 13.7. The molecule has 1 fully saturated rings. The summed E-state index contributed by atoms with van der Waals surface area (Å²) in [6, 6.07) is 8.09. The predicted octanol–water partition coefficient (Wildman–Crippen LogP) is 2.46. The second-order valence-electron chi connectivity index (χ2n) is 14.4. The lowest BCUT2D eigenvalue weighted by Crippen LogP contribution is -2.43. The predicted molar refractivity (Wildman–Crippen MR) is 224 cm³/mol. The number of amides is 4. The zero-order valence-electron chi connectivity index (χ0n) is 34.1. The Hall–Kier alpha value is -6.93. The summed E-state index contributed by atoms with van der Waals surface area (Å²) in [5.41, 5.74) is 15.6. The van der Waals surface area contributed by atoms with Gasteiger partial charge in [-0.15, -0.1) is 0 Å². The van der Waals surface area contributed by atoms with E-state index in [0.29, 0.717) is 70.3 Å². The number of fused-ring (bicyclic) bond motifs is 2. The molecule has 6 heterocycles. The maximum atomic E-state index is 13.8. The van der Waals surface area contributed by atoms with Gasteiger partial charge in [-0.25, -0.2) is 15.0 Å². The number of benzene rings is 1. The maximum absolute atomic E-state index is 13.8. The van der Waals surface area contributed by atoms with E-state index in [4.69, 9.17) is 21.2 Å². The Morgan fingerprint density at radius 3 is 2.00 bits per heavy atom. The molecule has 1 saturated heterocycles. The number of allylic oxidation sites excluding steroid dienone is 2. The fraction of sp³-hybridized carbons (Fsp3) is 0.375. The Labute approximate surface area is 344 Å². The van der Waals surface area contributed by atoms with Gasteiger partial charge in [0, 0.05) is 64.5 Å². The maximum Gasteiger partial charge on any atom is 0.276 e. The summed E-state index contributed by atoms with van der Waals surface area (Å²) in [6.07, 6.45) is 5.87. The summed E-state index contributed by atoms with van der Waals surface area (Å²) < 4.78 is 13.1. The molecule has 0 bridgehead atoms. The summed E-state index contributed by atoms with van der Waals surface area (Å²) in [4.78, 5) is 67.8. The first-order valence-corrected chi connectivity index (χ1v) is 19.9. The Balaban J connectivity index is 1.23. The number of hydrogen-bond donors (Lipinski definition) is 5. The van der Waals surface area contributed by atoms with Gasteiger partial charge in [0.1, 0.15) is 33.9 Å². The Bertz CT molecular complexity index is 2610. The van der Waals surface area contributed by atoms with E-state index in [1.807, 2.05) is 39.8 Å². The summed E-state index contributed by atoms with van der Waals surface area (Å²) >= 11 is 0. The molecule has 7 rings (SSSR count). The Kier molecular flexibility index (Phi) is 12.3. The molecule has 60 heavy (non-hydrogen) atoms. The second kappa shape index (κ2) is 17.9. The first kappa shape index (κ1) is 41.2. The molecule has 7 N–H and O–H groups in total. The lowest BCUT2D eigenvalue weighted by molar-refractivity contribution is 0.0989. The quantitative estimate of drug-likeness (QED) is 0.0658. The van der Waals surface area contributed by atoms with Crippen LogP contribution in [-0.4, -0.2) is 112 Å². The fourth-order valence-corrected chi connectivity index (χ4v) is 7.23. The molecule has 314 valence electrons. The molecule has 0 spiro atoms. The number of nitrogens with two attached hydrogens (primary N) is 2. The molecule has 0 saturated carbocycles. The van der Waals surface area contributed by atoms with E-state index in [2.05, 4.69) is 41.0 Å². The van der Waals surface area contributed by atoms with Crippen LogP contribution in [0, 0.1) is 13.8 Å². The van der Waals surface area contributed by atoms with Crippen molar-refractivity contribution in [3.8, 4) is 5.75 Å². The highest BCUT2D eigenvalue weighted by Gasteiger charge is 2.23. The molecule has 1 aliphatic heterocycles. The number of carbonyl (C=O) groups is 4. The third kappa shape index (κ3) is 8.88. The van der Waals surface area contributed by atoms with Crippen molar-refractivity contribution < 1.29 is 23.9 Å². The van der Waals surface area contributed by atoms with Crippen molar-refractivity contribution in [3.05, 3.63) is 82.7 Å². The number of hydrogen-bond acceptors (Lipinski definition) is 12. The van der Waals surface area contributed by atoms with Crippen LogP contribution in [0.1, 0.15) is 73.5 Å². The number of imidazole rings is 2. The number of aryl methyl sites for hydroxylation is 4. The van der Waals surface area contributed by atoms with Gasteiger partial charge in [0.25, 0.3) is 17.7 Å². The number of nitrogens with one attached hydrogen (secondary N) is 3. The molecular weight excluding hydrogens is 771 g/mol. The van der Waals surface area contributed by atoms with E-state index < -0.39 is 23.6 Å². The normalized spacial score (nSPS) is 13.4. The van der Waals surface area contributed by atoms with Crippen molar-refractivity contribution in [1.29, 1.82) is 0 Å². The van der Waals surface area contributed by atoms with E-state index in [-0.39, 0.29) is 36.2 Å². The number of carbonyl (C=O) groups excluding carboxylic acids is 4. The number of rotatable bonds is 17. The van der Waals surface area contributed by atoms with E-state index >= 15 is 0 Å². The topological polar surface area (TPSA) is 253 Å². The van der Waals surface area contributed by atoms with Crippen LogP contribution in [0.4, 0.5) is 11.9 Å². The average Bonchev–Trinajstić information content (AvgIpc) is 4.00. The second-order valence-corrected chi connectivity index (χ2v) is 14.4. The van der Waals surface area contributed by atoms with E-state index in [1.165, 1.54) is 12.3 Å². The third-order valence-corrected chi connectivity index (χ3v) is 10.1. The number of anilines is 2. The molecule has 0 radical (unpaired) electrons. The number of aromatic nitrogens is 9. The van der Waals surface area contributed by atoms with Crippen LogP contribution >= 0.6 is 0 Å². The molecule has 0 atom stereocenters. The highest BCUT2D eigenvalue weighted by atomic mass is 16.5. The number of nitrogens with zero attached hydrogens (tertiary/aromatic N) is 10. The lowest BCUT2D eigenvalue weighted by Gasteiger charge is -2.27. The Morgan fingerprint density at radius 2 is 1.40 bits per heavy atom. The number of pyridine rings is 1. The van der Waals surface area contributed by atoms with Gasteiger partial charge in [-0.05, 0) is 64.4 Å². The highest BCUT2D eigenvalue weighted by molar-refractivity contribution is 6.05. The van der Waals surface area contributed by atoms with E-state index in [0.717, 1.165) is 39.1 Å². The Morgan fingerprint density at radius 1 is 0.800 bits per heavy atom. The van der Waals surface area contributed by atoms with Crippen molar-refractivity contribution in [1.82, 2.24) is 53.9 Å². The molecule has 1 aromatic carbocycles. The molecule has 6 aromatic rings. The minimum absolute atomic E-state index is 0.0332. The van der Waals surface area contributed by atoms with Crippen molar-refractivity contribution >= 4 is 57.6 Å². The van der Waals surface area contributed by atoms with Gasteiger partial charge < -0.3 is 35.6 Å². The number of piperazine rings is 1. The van der Waals surface area contributed by atoms with Crippen LogP contribution in [0.2, 0.25) is 0 Å². The number of primary amides is 2. The van der Waals surface area contributed by atoms with Crippen molar-refractivity contribution in [2.45, 2.75) is 60.3 Å². The summed E-state index contributed by atoms with van der Waals surface area (Å²) in [7, 11) is 0. The molecule has 20 heteroatoms. The van der Waals surface area contributed by atoms with Crippen molar-refractivity contribution in [2.24, 2.45) is 11.5 Å². The van der Waals surface area contributed by atoms with Crippen LogP contribution in [0.3, 0.4) is 0 Å². The summed E-state index contributed by atoms with van der Waals surface area (Å²) in [5.74, 6) is -1.40. The first-order chi connectivity index (χ1) is 28.9. The molecule has 20 nitrogen and oxygen atoms in total. The smallest absolute Gasteiger partial charge is 0.276 e. The lowest BCUT2D eigenvalue weighted by atomic mass is 10.1. The summed E-state index contributed by atoms with van der Waals surface area (Å²) in [5, 5.41) is 18.0. The third-order valence-electron chi connectivity index (χ3n) is 10.1. The van der Waals surface area contributed by atoms with Gasteiger partial charge >= 0.3 is 0 Å². The van der Waals surface area contributed by atoms with Crippen LogP contribution < -0.4 is 32.2 Å². The van der Waals surface area contributed by atoms with Crippen LogP contribution in [0.15, 0.2) is 48.7 Å². The zero-order valence-corrected chi connectivity index (χ0v) is 34.1. The van der Waals surface area contributed by atoms with Crippen molar-refractivity contribution in [2.75, 3.05) is 50.0 Å². The van der Waals surface area contributed by atoms with Gasteiger partial charge in [0.05, 0.1) is 35.2 Å². The van der Waals surface area contributed by atoms with E-state index in [9.17, 15) is 19.2 Å². The standard InChI is InChI=1S/C40H49N15O5/c1-5-54-31(18-24(3)49-54)37(58)47-39-46-29-23-44-28(36(42)57)22-30(29)52(39)13-7-8-14-53-34-27(45-40(53)48-38(59)32-19-25(4)50-55(32)6-2)20-26(35(41)56)21-33(34)60-17-9-12-51-15-10-43-11-16-51/h7-8,18-23,43H,5-6,9-17H2,1-4H3,(H2,41,56)(H2,42,57)(H,45,48,59)(H,46,47,58)/b8-7+. The molecule has 1 aliphatic rings. The van der Waals surface area contributed by atoms with E-state index in [1.54, 1.807) is 42.8 Å². The van der Waals surface area contributed by atoms with Gasteiger partial charge in [-0.1, -0.05) is 12.2 Å². The van der Waals surface area contributed by atoms with Gasteiger partial charge in [-0.2, -0.15) is 10.2 Å². The van der Waals surface area contributed by atoms with Crippen LogP contribution in [0.5, 0.6) is 5.75 Å². The molecule has 0 aliphatic carbocycles. The van der Waals surface area contributed by atoms with Gasteiger partial charge in [0.15, 0.2) is 0 Å². The molecule has 4 amide bonds. The van der Waals surface area contributed by atoms with Crippen LogP contribution in [0.25, 0.3) is 22.1 Å². The molecular formula is C40H49N15O5. The SMILES string of the molecule is CCn1nc(C)cc1C(=O)Nc1nc2cnc(C(N)=O)cc2n1C/C=C/Cn1c(NC(=O)c2cc(C)nn2CC)nc2cc(C(N)=O)cc(OCCCN3CCNCC3)c21.